The van der Waals surface area contributed by atoms with Gasteiger partial charge in [-0.2, -0.15) is 0 Å². The van der Waals surface area contributed by atoms with Crippen molar-refractivity contribution in [3.05, 3.63) is 0 Å². The van der Waals surface area contributed by atoms with Crippen molar-refractivity contribution in [3.63, 3.8) is 0 Å². The topological polar surface area (TPSA) is 43.1 Å². The molecule has 0 heterocycles. The molecule has 2 nitrogen and oxygen atoms in total. The van der Waals surface area contributed by atoms with Gasteiger partial charge in [-0.15, -0.1) is 0 Å². The second-order valence-electron chi connectivity index (χ2n) is 2.76. The van der Waals surface area contributed by atoms with Crippen LogP contribution in [-0.4, -0.2) is 12.3 Å². The molecule has 1 saturated carbocycles. The summed E-state index contributed by atoms with van der Waals surface area (Å²) in [7, 11) is 0. The fourth-order valence-corrected chi connectivity index (χ4v) is 1.20. The lowest BCUT2D eigenvalue weighted by Crippen LogP contribution is -2.23. The van der Waals surface area contributed by atoms with Gasteiger partial charge in [0, 0.05) is 5.41 Å². The number of carbonyl (C=O) groups is 1. The van der Waals surface area contributed by atoms with Crippen LogP contribution in [-0.2, 0) is 4.79 Å². The first kappa shape index (κ1) is 6.75. The van der Waals surface area contributed by atoms with Crippen molar-refractivity contribution in [2.24, 2.45) is 11.1 Å². The van der Waals surface area contributed by atoms with E-state index in [2.05, 4.69) is 6.92 Å². The van der Waals surface area contributed by atoms with E-state index in [4.69, 9.17) is 5.73 Å². The van der Waals surface area contributed by atoms with Crippen molar-refractivity contribution in [2.75, 3.05) is 6.54 Å². The van der Waals surface area contributed by atoms with Gasteiger partial charge >= 0.3 is 0 Å². The Morgan fingerprint density at radius 3 is 2.33 bits per heavy atom. The Kier molecular flexibility index (Phi) is 1.58. The molecule has 0 aliphatic heterocycles. The van der Waals surface area contributed by atoms with E-state index in [0.29, 0.717) is 0 Å². The van der Waals surface area contributed by atoms with Crippen LogP contribution in [0.15, 0.2) is 0 Å². The molecular formula is C7H13NO. The summed E-state index contributed by atoms with van der Waals surface area (Å²) < 4.78 is 0. The molecule has 0 unspecified atom stereocenters. The first-order chi connectivity index (χ1) is 4.25. The fraction of sp³-hybridized carbons (Fsp3) is 0.857. The summed E-state index contributed by atoms with van der Waals surface area (Å²) in [5.41, 5.74) is 5.26. The zero-order valence-corrected chi connectivity index (χ0v) is 5.81. The van der Waals surface area contributed by atoms with E-state index in [1.807, 2.05) is 0 Å². The number of ketones is 1. The van der Waals surface area contributed by atoms with Crippen molar-refractivity contribution < 1.29 is 4.79 Å². The van der Waals surface area contributed by atoms with Crippen LogP contribution in [0, 0.1) is 5.41 Å². The van der Waals surface area contributed by atoms with Gasteiger partial charge in [-0.25, -0.2) is 0 Å². The monoisotopic (exact) mass is 127 g/mol. The smallest absolute Gasteiger partial charge is 0.152 e. The molecular weight excluding hydrogens is 114 g/mol. The predicted octanol–water partition coefficient (Wildman–Crippen LogP) is 0.704. The Bertz CT molecular complexity index is 127. The Balaban J connectivity index is 2.49. The summed E-state index contributed by atoms with van der Waals surface area (Å²) >= 11 is 0. The number of carbonyl (C=O) groups excluding carboxylic acids is 1. The largest absolute Gasteiger partial charge is 0.324 e. The number of nitrogens with two attached hydrogens (primary N) is 1. The molecule has 9 heavy (non-hydrogen) atoms. The van der Waals surface area contributed by atoms with Crippen molar-refractivity contribution in [3.8, 4) is 0 Å². The molecule has 0 aromatic carbocycles. The molecule has 2 N–H and O–H groups in total. The summed E-state index contributed by atoms with van der Waals surface area (Å²) in [5, 5.41) is 0. The standard InChI is InChI=1S/C7H13NO/c1-2-7(3-4-7)6(9)5-8/h2-5,8H2,1H3. The minimum absolute atomic E-state index is 0.0365. The first-order valence-electron chi connectivity index (χ1n) is 3.48. The van der Waals surface area contributed by atoms with E-state index < -0.39 is 0 Å². The molecule has 2 heteroatoms. The van der Waals surface area contributed by atoms with Gasteiger partial charge in [-0.3, -0.25) is 4.79 Å². The molecule has 0 aromatic rings. The molecule has 0 atom stereocenters. The number of hydrogen-bond donors (Lipinski definition) is 1. The van der Waals surface area contributed by atoms with E-state index in [0.717, 1.165) is 19.3 Å². The Morgan fingerprint density at radius 1 is 1.67 bits per heavy atom. The minimum atomic E-state index is 0.0365. The zero-order valence-electron chi connectivity index (χ0n) is 5.81. The SMILES string of the molecule is CCC1(C(=O)CN)CC1. The van der Waals surface area contributed by atoms with Gasteiger partial charge in [0.05, 0.1) is 6.54 Å². The highest BCUT2D eigenvalue weighted by molar-refractivity contribution is 5.88. The lowest BCUT2D eigenvalue weighted by Gasteiger charge is -2.06. The van der Waals surface area contributed by atoms with Crippen LogP contribution in [0.3, 0.4) is 0 Å². The average molecular weight is 127 g/mol. The maximum Gasteiger partial charge on any atom is 0.152 e. The van der Waals surface area contributed by atoms with Crippen LogP contribution in [0.4, 0.5) is 0 Å². The van der Waals surface area contributed by atoms with Gasteiger partial charge in [0.1, 0.15) is 0 Å². The number of hydrogen-bond acceptors (Lipinski definition) is 2. The van der Waals surface area contributed by atoms with Crippen molar-refractivity contribution in [1.29, 1.82) is 0 Å². The maximum absolute atomic E-state index is 11.0. The van der Waals surface area contributed by atoms with E-state index in [-0.39, 0.29) is 17.7 Å². The molecule has 1 aliphatic carbocycles. The predicted molar refractivity (Wildman–Crippen MR) is 36.0 cm³/mol. The van der Waals surface area contributed by atoms with Crippen LogP contribution in [0.5, 0.6) is 0 Å². The van der Waals surface area contributed by atoms with E-state index in [9.17, 15) is 4.79 Å². The van der Waals surface area contributed by atoms with Gasteiger partial charge in [-0.05, 0) is 19.3 Å². The molecule has 0 radical (unpaired) electrons. The minimum Gasteiger partial charge on any atom is -0.324 e. The van der Waals surface area contributed by atoms with Gasteiger partial charge < -0.3 is 5.73 Å². The average Bonchev–Trinajstić information content (AvgIpc) is 2.66. The zero-order chi connectivity index (χ0) is 6.91. The molecule has 52 valence electrons. The van der Waals surface area contributed by atoms with Gasteiger partial charge in [0.15, 0.2) is 5.78 Å². The molecule has 0 aromatic heterocycles. The van der Waals surface area contributed by atoms with Crippen molar-refractivity contribution in [1.82, 2.24) is 0 Å². The van der Waals surface area contributed by atoms with Crippen LogP contribution >= 0.6 is 0 Å². The lowest BCUT2D eigenvalue weighted by molar-refractivity contribution is -0.122. The highest BCUT2D eigenvalue weighted by atomic mass is 16.1. The number of rotatable bonds is 3. The third kappa shape index (κ3) is 0.990. The summed E-state index contributed by atoms with van der Waals surface area (Å²) in [6.45, 7) is 2.29. The third-order valence-electron chi connectivity index (χ3n) is 2.31. The second kappa shape index (κ2) is 2.10. The Labute approximate surface area is 55.4 Å². The van der Waals surface area contributed by atoms with Crippen LogP contribution < -0.4 is 5.73 Å². The third-order valence-corrected chi connectivity index (χ3v) is 2.31. The lowest BCUT2D eigenvalue weighted by atomic mass is 9.98. The maximum atomic E-state index is 11.0. The van der Waals surface area contributed by atoms with Crippen LogP contribution in [0.25, 0.3) is 0 Å². The molecule has 1 fully saturated rings. The van der Waals surface area contributed by atoms with Gasteiger partial charge in [0.25, 0.3) is 0 Å². The molecule has 1 aliphatic rings. The molecule has 0 spiro atoms. The fourth-order valence-electron chi connectivity index (χ4n) is 1.20. The Morgan fingerprint density at radius 2 is 2.22 bits per heavy atom. The summed E-state index contributed by atoms with van der Waals surface area (Å²) in [5.74, 6) is 0.255. The van der Waals surface area contributed by atoms with Crippen LogP contribution in [0.2, 0.25) is 0 Å². The quantitative estimate of drug-likeness (QED) is 0.606. The molecule has 0 saturated heterocycles. The summed E-state index contributed by atoms with van der Waals surface area (Å²) in [6, 6.07) is 0. The van der Waals surface area contributed by atoms with Gasteiger partial charge in [-0.1, -0.05) is 6.92 Å². The highest BCUT2D eigenvalue weighted by Gasteiger charge is 2.46. The molecule has 0 bridgehead atoms. The van der Waals surface area contributed by atoms with Crippen molar-refractivity contribution >= 4 is 5.78 Å². The highest BCUT2D eigenvalue weighted by Crippen LogP contribution is 2.48. The van der Waals surface area contributed by atoms with E-state index >= 15 is 0 Å². The Hall–Kier alpha value is -0.370. The van der Waals surface area contributed by atoms with Crippen molar-refractivity contribution in [2.45, 2.75) is 26.2 Å². The molecule has 1 rings (SSSR count). The van der Waals surface area contributed by atoms with Crippen LogP contribution in [0.1, 0.15) is 26.2 Å². The van der Waals surface area contributed by atoms with E-state index in [1.54, 1.807) is 0 Å². The summed E-state index contributed by atoms with van der Waals surface area (Å²) in [4.78, 5) is 11.0. The second-order valence-corrected chi connectivity index (χ2v) is 2.76. The summed E-state index contributed by atoms with van der Waals surface area (Å²) in [6.07, 6.45) is 3.11. The number of Topliss-reactive ketones (excluding diaryl/α,β-unsaturated/α-hetero) is 1. The van der Waals surface area contributed by atoms with Gasteiger partial charge in [0.2, 0.25) is 0 Å². The van der Waals surface area contributed by atoms with E-state index in [1.165, 1.54) is 0 Å². The normalized spacial score (nSPS) is 21.6. The first-order valence-corrected chi connectivity index (χ1v) is 3.48. The molecule has 0 amide bonds.